The van der Waals surface area contributed by atoms with Gasteiger partial charge in [-0.05, 0) is 31.9 Å². The highest BCUT2D eigenvalue weighted by molar-refractivity contribution is 5.92. The predicted octanol–water partition coefficient (Wildman–Crippen LogP) is 2.90. The van der Waals surface area contributed by atoms with Crippen LogP contribution < -0.4 is 0 Å². The van der Waals surface area contributed by atoms with Gasteiger partial charge in [-0.15, -0.1) is 0 Å². The standard InChI is InChI=1S/C20H22N4O4/c1-14-12-17(22-27-14)20(25)24-10-5-8-16(13-24)26-11-9-18-21-19(28-23-18)15-6-3-2-4-7-15/h2-4,6-7,12,16H,5,8-11,13H2,1H3. The first-order chi connectivity index (χ1) is 13.7. The second-order valence-corrected chi connectivity index (χ2v) is 6.84. The molecule has 2 aromatic heterocycles. The van der Waals surface area contributed by atoms with E-state index in [4.69, 9.17) is 13.8 Å². The quantitative estimate of drug-likeness (QED) is 0.647. The van der Waals surface area contributed by atoms with Crippen LogP contribution in [0.2, 0.25) is 0 Å². The Morgan fingerprint density at radius 3 is 2.89 bits per heavy atom. The molecule has 8 nitrogen and oxygen atoms in total. The number of piperidine rings is 1. The van der Waals surface area contributed by atoms with Crippen LogP contribution in [0.5, 0.6) is 0 Å². The van der Waals surface area contributed by atoms with Crippen LogP contribution >= 0.6 is 0 Å². The third-order valence-corrected chi connectivity index (χ3v) is 4.68. The molecule has 0 aliphatic carbocycles. The zero-order valence-corrected chi connectivity index (χ0v) is 15.7. The number of amides is 1. The Bertz CT molecular complexity index is 921. The molecule has 1 unspecified atom stereocenters. The number of ether oxygens (including phenoxy) is 1. The second-order valence-electron chi connectivity index (χ2n) is 6.84. The van der Waals surface area contributed by atoms with Crippen molar-refractivity contribution < 1.29 is 18.6 Å². The van der Waals surface area contributed by atoms with Crippen molar-refractivity contribution in [3.8, 4) is 11.5 Å². The van der Waals surface area contributed by atoms with Crippen molar-refractivity contribution in [2.24, 2.45) is 0 Å². The smallest absolute Gasteiger partial charge is 0.276 e. The lowest BCUT2D eigenvalue weighted by molar-refractivity contribution is 0.00220. The molecular weight excluding hydrogens is 360 g/mol. The fraction of sp³-hybridized carbons (Fsp3) is 0.400. The monoisotopic (exact) mass is 382 g/mol. The van der Waals surface area contributed by atoms with E-state index in [-0.39, 0.29) is 12.0 Å². The van der Waals surface area contributed by atoms with E-state index in [1.807, 2.05) is 30.3 Å². The number of hydrogen-bond donors (Lipinski definition) is 0. The molecule has 1 aromatic carbocycles. The van der Waals surface area contributed by atoms with Crippen LogP contribution in [0.3, 0.4) is 0 Å². The molecule has 1 atom stereocenters. The maximum atomic E-state index is 12.5. The van der Waals surface area contributed by atoms with Crippen LogP contribution in [0.1, 0.15) is 34.9 Å². The van der Waals surface area contributed by atoms with Crippen LogP contribution in [0.4, 0.5) is 0 Å². The minimum atomic E-state index is -0.115. The summed E-state index contributed by atoms with van der Waals surface area (Å²) in [5.41, 5.74) is 1.24. The SMILES string of the molecule is Cc1cc(C(=O)N2CCCC(OCCc3noc(-c4ccccc4)n3)C2)no1. The fourth-order valence-electron chi connectivity index (χ4n) is 3.26. The maximum Gasteiger partial charge on any atom is 0.276 e. The Balaban J connectivity index is 1.27. The molecule has 0 N–H and O–H groups in total. The van der Waals surface area contributed by atoms with E-state index in [1.165, 1.54) is 0 Å². The van der Waals surface area contributed by atoms with Crippen molar-refractivity contribution in [2.75, 3.05) is 19.7 Å². The Kier molecular flexibility index (Phi) is 5.48. The predicted molar refractivity (Wildman–Crippen MR) is 99.6 cm³/mol. The Labute approximate surface area is 162 Å². The van der Waals surface area contributed by atoms with Gasteiger partial charge in [0, 0.05) is 31.1 Å². The summed E-state index contributed by atoms with van der Waals surface area (Å²) in [5.74, 6) is 1.63. The minimum Gasteiger partial charge on any atom is -0.376 e. The maximum absolute atomic E-state index is 12.5. The topological polar surface area (TPSA) is 94.5 Å². The first-order valence-corrected chi connectivity index (χ1v) is 9.41. The van der Waals surface area contributed by atoms with Gasteiger partial charge in [0.05, 0.1) is 12.7 Å². The molecule has 146 valence electrons. The number of rotatable bonds is 6. The number of aromatic nitrogens is 3. The molecule has 1 amide bonds. The number of carbonyl (C=O) groups excluding carboxylic acids is 1. The summed E-state index contributed by atoms with van der Waals surface area (Å²) in [5, 5.41) is 7.82. The summed E-state index contributed by atoms with van der Waals surface area (Å²) in [4.78, 5) is 18.7. The Morgan fingerprint density at radius 1 is 1.25 bits per heavy atom. The van der Waals surface area contributed by atoms with Crippen molar-refractivity contribution in [1.29, 1.82) is 0 Å². The molecule has 0 spiro atoms. The van der Waals surface area contributed by atoms with Crippen LogP contribution in [-0.4, -0.2) is 51.9 Å². The van der Waals surface area contributed by atoms with E-state index in [0.717, 1.165) is 18.4 Å². The summed E-state index contributed by atoms with van der Waals surface area (Å²) in [6, 6.07) is 11.3. The van der Waals surface area contributed by atoms with E-state index >= 15 is 0 Å². The van der Waals surface area contributed by atoms with Gasteiger partial charge in [-0.2, -0.15) is 4.98 Å². The average molecular weight is 382 g/mol. The number of aryl methyl sites for hydroxylation is 1. The average Bonchev–Trinajstić information content (AvgIpc) is 3.38. The molecule has 1 aliphatic heterocycles. The number of carbonyl (C=O) groups is 1. The molecule has 0 radical (unpaired) electrons. The largest absolute Gasteiger partial charge is 0.376 e. The summed E-state index contributed by atoms with van der Waals surface area (Å²) in [7, 11) is 0. The zero-order valence-electron chi connectivity index (χ0n) is 15.7. The van der Waals surface area contributed by atoms with Crippen molar-refractivity contribution >= 4 is 5.91 Å². The molecule has 0 bridgehead atoms. The van der Waals surface area contributed by atoms with E-state index < -0.39 is 0 Å². The molecule has 8 heteroatoms. The van der Waals surface area contributed by atoms with E-state index in [2.05, 4.69) is 15.3 Å². The molecule has 28 heavy (non-hydrogen) atoms. The van der Waals surface area contributed by atoms with Crippen molar-refractivity contribution in [1.82, 2.24) is 20.2 Å². The lowest BCUT2D eigenvalue weighted by Crippen LogP contribution is -2.43. The normalized spacial score (nSPS) is 17.0. The number of nitrogens with zero attached hydrogens (tertiary/aromatic N) is 4. The van der Waals surface area contributed by atoms with Gasteiger partial charge in [-0.3, -0.25) is 4.79 Å². The third-order valence-electron chi connectivity index (χ3n) is 4.68. The molecule has 3 heterocycles. The van der Waals surface area contributed by atoms with Crippen LogP contribution in [-0.2, 0) is 11.2 Å². The summed E-state index contributed by atoms with van der Waals surface area (Å²) in [6.07, 6.45) is 2.37. The summed E-state index contributed by atoms with van der Waals surface area (Å²) in [6.45, 7) is 3.50. The van der Waals surface area contributed by atoms with E-state index in [0.29, 0.717) is 49.3 Å². The van der Waals surface area contributed by atoms with Gasteiger partial charge >= 0.3 is 0 Å². The van der Waals surface area contributed by atoms with Crippen LogP contribution in [0.15, 0.2) is 45.4 Å². The van der Waals surface area contributed by atoms with E-state index in [1.54, 1.807) is 17.9 Å². The summed E-state index contributed by atoms with van der Waals surface area (Å²) >= 11 is 0. The molecule has 1 saturated heterocycles. The van der Waals surface area contributed by atoms with Crippen LogP contribution in [0.25, 0.3) is 11.5 Å². The molecule has 1 aliphatic rings. The molecule has 4 rings (SSSR count). The van der Waals surface area contributed by atoms with Crippen molar-refractivity contribution in [3.05, 3.63) is 53.7 Å². The summed E-state index contributed by atoms with van der Waals surface area (Å²) < 4.78 is 16.3. The lowest BCUT2D eigenvalue weighted by Gasteiger charge is -2.32. The number of likely N-dealkylation sites (tertiary alicyclic amines) is 1. The number of benzene rings is 1. The zero-order chi connectivity index (χ0) is 19.3. The molecule has 1 fully saturated rings. The Hall–Kier alpha value is -3.00. The number of hydrogen-bond acceptors (Lipinski definition) is 7. The highest BCUT2D eigenvalue weighted by Gasteiger charge is 2.26. The van der Waals surface area contributed by atoms with Crippen molar-refractivity contribution in [3.63, 3.8) is 0 Å². The van der Waals surface area contributed by atoms with E-state index in [9.17, 15) is 4.79 Å². The second kappa shape index (κ2) is 8.35. The third kappa shape index (κ3) is 4.28. The molecule has 0 saturated carbocycles. The highest BCUT2D eigenvalue weighted by Crippen LogP contribution is 2.18. The van der Waals surface area contributed by atoms with Crippen LogP contribution in [0, 0.1) is 6.92 Å². The fourth-order valence-corrected chi connectivity index (χ4v) is 3.26. The first kappa shape index (κ1) is 18.4. The minimum absolute atomic E-state index is 0.00815. The van der Waals surface area contributed by atoms with Gasteiger partial charge in [0.1, 0.15) is 5.76 Å². The lowest BCUT2D eigenvalue weighted by atomic mass is 10.1. The highest BCUT2D eigenvalue weighted by atomic mass is 16.5. The van der Waals surface area contributed by atoms with Gasteiger partial charge in [0.2, 0.25) is 0 Å². The first-order valence-electron chi connectivity index (χ1n) is 9.41. The van der Waals surface area contributed by atoms with Crippen molar-refractivity contribution in [2.45, 2.75) is 32.3 Å². The van der Waals surface area contributed by atoms with Gasteiger partial charge in [0.15, 0.2) is 11.5 Å². The Morgan fingerprint density at radius 2 is 2.11 bits per heavy atom. The molecular formula is C20H22N4O4. The van der Waals surface area contributed by atoms with Gasteiger partial charge < -0.3 is 18.7 Å². The van der Waals surface area contributed by atoms with Gasteiger partial charge in [-0.1, -0.05) is 28.5 Å². The van der Waals surface area contributed by atoms with Gasteiger partial charge in [0.25, 0.3) is 11.8 Å². The van der Waals surface area contributed by atoms with Gasteiger partial charge in [-0.25, -0.2) is 0 Å². The molecule has 3 aromatic rings.